The summed E-state index contributed by atoms with van der Waals surface area (Å²) in [5.41, 5.74) is 0.693. The molecule has 1 fully saturated rings. The lowest BCUT2D eigenvalue weighted by Crippen LogP contribution is -2.40. The molecule has 2 N–H and O–H groups in total. The van der Waals surface area contributed by atoms with Crippen LogP contribution in [-0.4, -0.2) is 41.0 Å². The van der Waals surface area contributed by atoms with E-state index in [0.717, 1.165) is 10.9 Å². The number of rotatable bonds is 4. The number of para-hydroxylation sites is 1. The van der Waals surface area contributed by atoms with Gasteiger partial charge in [-0.25, -0.2) is 0 Å². The molecule has 0 aromatic heterocycles. The van der Waals surface area contributed by atoms with Crippen LogP contribution >= 0.6 is 28.3 Å². The number of carbonyl (C=O) groups is 2. The number of halogens is 2. The quantitative estimate of drug-likeness (QED) is 0.861. The largest absolute Gasteiger partial charge is 0.480 e. The van der Waals surface area contributed by atoms with Gasteiger partial charge in [-0.05, 0) is 47.4 Å². The minimum atomic E-state index is -0.855. The molecule has 1 aliphatic heterocycles. The van der Waals surface area contributed by atoms with Gasteiger partial charge in [0, 0.05) is 4.47 Å². The van der Waals surface area contributed by atoms with E-state index >= 15 is 0 Å². The molecular weight excluding hydrogens is 348 g/mol. The summed E-state index contributed by atoms with van der Waals surface area (Å²) in [5.74, 6) is -1.05. The fraction of sp³-hybridized carbons (Fsp3) is 0.385. The molecule has 20 heavy (non-hydrogen) atoms. The number of carboxylic acid groups (broad SMARTS) is 1. The molecular formula is C13H16BrClN2O3. The monoisotopic (exact) mass is 362 g/mol. The van der Waals surface area contributed by atoms with Crippen molar-refractivity contribution in [2.75, 3.05) is 18.4 Å². The Labute approximate surface area is 131 Å². The molecule has 0 bridgehead atoms. The van der Waals surface area contributed by atoms with Crippen LogP contribution in [-0.2, 0) is 9.59 Å². The zero-order valence-corrected chi connectivity index (χ0v) is 13.1. The smallest absolute Gasteiger partial charge is 0.320 e. The molecule has 1 saturated heterocycles. The Kier molecular flexibility index (Phi) is 6.45. The number of nitrogens with zero attached hydrogens (tertiary/aromatic N) is 1. The first kappa shape index (κ1) is 16.9. The second-order valence-electron chi connectivity index (χ2n) is 4.49. The van der Waals surface area contributed by atoms with Crippen molar-refractivity contribution in [2.45, 2.75) is 18.9 Å². The highest BCUT2D eigenvalue weighted by Gasteiger charge is 2.31. The van der Waals surface area contributed by atoms with Crippen LogP contribution in [0.2, 0.25) is 0 Å². The fourth-order valence-electron chi connectivity index (χ4n) is 2.23. The Morgan fingerprint density at radius 1 is 1.40 bits per heavy atom. The molecule has 1 aliphatic rings. The minimum absolute atomic E-state index is 0. The van der Waals surface area contributed by atoms with Crippen LogP contribution in [0.1, 0.15) is 12.8 Å². The van der Waals surface area contributed by atoms with Crippen molar-refractivity contribution in [3.8, 4) is 0 Å². The van der Waals surface area contributed by atoms with Gasteiger partial charge in [-0.2, -0.15) is 0 Å². The maximum absolute atomic E-state index is 11.9. The molecule has 1 atom stereocenters. The lowest BCUT2D eigenvalue weighted by molar-refractivity contribution is -0.142. The lowest BCUT2D eigenvalue weighted by Gasteiger charge is -2.20. The van der Waals surface area contributed by atoms with Gasteiger partial charge >= 0.3 is 5.97 Å². The Morgan fingerprint density at radius 3 is 2.75 bits per heavy atom. The van der Waals surface area contributed by atoms with Gasteiger partial charge in [0.05, 0.1) is 12.2 Å². The van der Waals surface area contributed by atoms with E-state index in [0.29, 0.717) is 18.7 Å². The number of hydrogen-bond donors (Lipinski definition) is 2. The van der Waals surface area contributed by atoms with E-state index < -0.39 is 12.0 Å². The van der Waals surface area contributed by atoms with Gasteiger partial charge < -0.3 is 10.4 Å². The van der Waals surface area contributed by atoms with E-state index in [2.05, 4.69) is 21.2 Å². The summed E-state index contributed by atoms with van der Waals surface area (Å²) in [5, 5.41) is 11.8. The van der Waals surface area contributed by atoms with Gasteiger partial charge in [0.2, 0.25) is 5.91 Å². The Bertz CT molecular complexity index is 498. The first-order chi connectivity index (χ1) is 9.08. The van der Waals surface area contributed by atoms with Gasteiger partial charge in [-0.1, -0.05) is 12.1 Å². The van der Waals surface area contributed by atoms with Crippen molar-refractivity contribution >= 4 is 45.9 Å². The van der Waals surface area contributed by atoms with Crippen molar-refractivity contribution in [2.24, 2.45) is 0 Å². The molecule has 0 unspecified atom stereocenters. The number of likely N-dealkylation sites (tertiary alicyclic amines) is 1. The normalized spacial score (nSPS) is 18.4. The van der Waals surface area contributed by atoms with Gasteiger partial charge in [0.25, 0.3) is 0 Å². The highest BCUT2D eigenvalue weighted by Crippen LogP contribution is 2.22. The molecule has 2 rings (SSSR count). The van der Waals surface area contributed by atoms with Crippen LogP contribution in [0.15, 0.2) is 28.7 Å². The summed E-state index contributed by atoms with van der Waals surface area (Å²) < 4.78 is 0.805. The van der Waals surface area contributed by atoms with Gasteiger partial charge in [-0.3, -0.25) is 14.5 Å². The third-order valence-corrected chi connectivity index (χ3v) is 3.83. The van der Waals surface area contributed by atoms with Crippen molar-refractivity contribution in [3.63, 3.8) is 0 Å². The molecule has 110 valence electrons. The zero-order valence-electron chi connectivity index (χ0n) is 10.7. The molecule has 1 aromatic rings. The van der Waals surface area contributed by atoms with E-state index in [1.807, 2.05) is 18.2 Å². The highest BCUT2D eigenvalue weighted by molar-refractivity contribution is 9.10. The number of hydrogen-bond acceptors (Lipinski definition) is 3. The van der Waals surface area contributed by atoms with E-state index in [1.165, 1.54) is 0 Å². The molecule has 1 heterocycles. The number of nitrogens with one attached hydrogen (secondary N) is 1. The number of carboxylic acids is 1. The molecule has 0 aliphatic carbocycles. The van der Waals surface area contributed by atoms with Crippen LogP contribution < -0.4 is 5.32 Å². The summed E-state index contributed by atoms with van der Waals surface area (Å²) >= 11 is 3.35. The Morgan fingerprint density at radius 2 is 2.10 bits per heavy atom. The van der Waals surface area contributed by atoms with Crippen molar-refractivity contribution in [1.29, 1.82) is 0 Å². The first-order valence-corrected chi connectivity index (χ1v) is 6.88. The summed E-state index contributed by atoms with van der Waals surface area (Å²) in [6.07, 6.45) is 1.43. The summed E-state index contributed by atoms with van der Waals surface area (Å²) in [4.78, 5) is 24.7. The van der Waals surface area contributed by atoms with Crippen LogP contribution in [0.4, 0.5) is 5.69 Å². The second kappa shape index (κ2) is 7.61. The highest BCUT2D eigenvalue weighted by atomic mass is 79.9. The van der Waals surface area contributed by atoms with E-state index in [4.69, 9.17) is 5.11 Å². The summed E-state index contributed by atoms with van der Waals surface area (Å²) in [6, 6.07) is 6.79. The fourth-order valence-corrected chi connectivity index (χ4v) is 2.62. The van der Waals surface area contributed by atoms with Gasteiger partial charge in [0.15, 0.2) is 0 Å². The third-order valence-electron chi connectivity index (χ3n) is 3.14. The summed E-state index contributed by atoms with van der Waals surface area (Å²) in [7, 11) is 0. The van der Waals surface area contributed by atoms with E-state index in [1.54, 1.807) is 11.0 Å². The predicted molar refractivity (Wildman–Crippen MR) is 82.3 cm³/mol. The maximum atomic E-state index is 11.9. The number of anilines is 1. The third kappa shape index (κ3) is 4.19. The topological polar surface area (TPSA) is 69.6 Å². The number of benzene rings is 1. The number of amides is 1. The number of aliphatic carboxylic acids is 1. The van der Waals surface area contributed by atoms with Crippen LogP contribution in [0.25, 0.3) is 0 Å². The van der Waals surface area contributed by atoms with Crippen LogP contribution in [0.3, 0.4) is 0 Å². The molecule has 0 radical (unpaired) electrons. The molecule has 1 amide bonds. The zero-order chi connectivity index (χ0) is 13.8. The minimum Gasteiger partial charge on any atom is -0.480 e. The SMILES string of the molecule is Cl.O=C(CN1CCC[C@H]1C(=O)O)Nc1ccccc1Br. The Hall–Kier alpha value is -1.11. The average Bonchev–Trinajstić information content (AvgIpc) is 2.80. The van der Waals surface area contributed by atoms with Gasteiger partial charge in [-0.15, -0.1) is 12.4 Å². The molecule has 5 nitrogen and oxygen atoms in total. The van der Waals surface area contributed by atoms with Crippen molar-refractivity contribution in [3.05, 3.63) is 28.7 Å². The summed E-state index contributed by atoms with van der Waals surface area (Å²) in [6.45, 7) is 0.763. The number of carbonyl (C=O) groups excluding carboxylic acids is 1. The van der Waals surface area contributed by atoms with Crippen molar-refractivity contribution < 1.29 is 14.7 Å². The van der Waals surface area contributed by atoms with Crippen LogP contribution in [0, 0.1) is 0 Å². The first-order valence-electron chi connectivity index (χ1n) is 6.09. The lowest BCUT2D eigenvalue weighted by atomic mass is 10.2. The maximum Gasteiger partial charge on any atom is 0.320 e. The Balaban J connectivity index is 0.00000200. The molecule has 0 spiro atoms. The average molecular weight is 364 g/mol. The standard InChI is InChI=1S/C13H15BrN2O3.ClH/c14-9-4-1-2-5-10(9)15-12(17)8-16-7-3-6-11(16)13(18)19;/h1-2,4-5,11H,3,6-8H2,(H,15,17)(H,18,19);1H/t11-;/m0./s1. The van der Waals surface area contributed by atoms with Gasteiger partial charge in [0.1, 0.15) is 6.04 Å². The van der Waals surface area contributed by atoms with E-state index in [-0.39, 0.29) is 24.9 Å². The van der Waals surface area contributed by atoms with Crippen molar-refractivity contribution in [1.82, 2.24) is 4.90 Å². The predicted octanol–water partition coefficient (Wildman–Crippen LogP) is 2.36. The molecule has 7 heteroatoms. The van der Waals surface area contributed by atoms with E-state index in [9.17, 15) is 9.59 Å². The van der Waals surface area contributed by atoms with Crippen LogP contribution in [0.5, 0.6) is 0 Å². The molecule has 0 saturated carbocycles. The second-order valence-corrected chi connectivity index (χ2v) is 5.35. The molecule has 1 aromatic carbocycles.